The van der Waals surface area contributed by atoms with Gasteiger partial charge < -0.3 is 10.2 Å². The van der Waals surface area contributed by atoms with Gasteiger partial charge in [0, 0.05) is 31.3 Å². The molecule has 1 N–H and O–H groups in total. The summed E-state index contributed by atoms with van der Waals surface area (Å²) in [6, 6.07) is 5.63. The molecule has 0 atom stereocenters. The van der Waals surface area contributed by atoms with Crippen molar-refractivity contribution in [1.29, 1.82) is 0 Å². The van der Waals surface area contributed by atoms with Gasteiger partial charge in [0.25, 0.3) is 0 Å². The second kappa shape index (κ2) is 4.57. The van der Waals surface area contributed by atoms with E-state index in [1.54, 1.807) is 4.90 Å². The number of hydrogen-bond acceptors (Lipinski definition) is 2. The SMILES string of the molecule is CC(=O)Nc1ccc(C)c(N2CCCC2=O)c1. The molecule has 1 aliphatic heterocycles. The van der Waals surface area contributed by atoms with Crippen molar-refractivity contribution in [2.75, 3.05) is 16.8 Å². The van der Waals surface area contributed by atoms with Gasteiger partial charge in [-0.1, -0.05) is 6.07 Å². The number of nitrogens with zero attached hydrogens (tertiary/aromatic N) is 1. The number of carbonyl (C=O) groups excluding carboxylic acids is 2. The van der Waals surface area contributed by atoms with Crippen LogP contribution in [0.3, 0.4) is 0 Å². The van der Waals surface area contributed by atoms with Crippen LogP contribution >= 0.6 is 0 Å². The lowest BCUT2D eigenvalue weighted by atomic mass is 10.1. The first-order chi connectivity index (χ1) is 8.08. The molecule has 1 heterocycles. The van der Waals surface area contributed by atoms with Crippen molar-refractivity contribution in [3.63, 3.8) is 0 Å². The van der Waals surface area contributed by atoms with Gasteiger partial charge in [0.2, 0.25) is 11.8 Å². The van der Waals surface area contributed by atoms with E-state index in [1.165, 1.54) is 6.92 Å². The van der Waals surface area contributed by atoms with E-state index in [2.05, 4.69) is 5.32 Å². The van der Waals surface area contributed by atoms with Crippen LogP contribution in [-0.4, -0.2) is 18.4 Å². The Morgan fingerprint density at radius 2 is 2.18 bits per heavy atom. The molecule has 0 unspecified atom stereocenters. The fourth-order valence-corrected chi connectivity index (χ4v) is 2.08. The Balaban J connectivity index is 2.32. The van der Waals surface area contributed by atoms with E-state index in [9.17, 15) is 9.59 Å². The van der Waals surface area contributed by atoms with Crippen LogP contribution in [0.25, 0.3) is 0 Å². The van der Waals surface area contributed by atoms with Gasteiger partial charge in [0.1, 0.15) is 0 Å². The smallest absolute Gasteiger partial charge is 0.227 e. The van der Waals surface area contributed by atoms with E-state index < -0.39 is 0 Å². The van der Waals surface area contributed by atoms with Gasteiger partial charge in [-0.2, -0.15) is 0 Å². The van der Waals surface area contributed by atoms with Crippen molar-refractivity contribution >= 4 is 23.2 Å². The molecule has 1 fully saturated rings. The lowest BCUT2D eigenvalue weighted by Gasteiger charge is -2.19. The molecule has 0 bridgehead atoms. The summed E-state index contributed by atoms with van der Waals surface area (Å²) >= 11 is 0. The van der Waals surface area contributed by atoms with Crippen LogP contribution in [0.15, 0.2) is 18.2 Å². The minimum atomic E-state index is -0.104. The summed E-state index contributed by atoms with van der Waals surface area (Å²) in [6.07, 6.45) is 1.52. The molecule has 1 aromatic rings. The molecule has 90 valence electrons. The quantitative estimate of drug-likeness (QED) is 0.848. The van der Waals surface area contributed by atoms with Crippen LogP contribution in [0.5, 0.6) is 0 Å². The van der Waals surface area contributed by atoms with Crippen LogP contribution in [-0.2, 0) is 9.59 Å². The number of benzene rings is 1. The van der Waals surface area contributed by atoms with Crippen LogP contribution < -0.4 is 10.2 Å². The van der Waals surface area contributed by atoms with Gasteiger partial charge in [-0.05, 0) is 31.0 Å². The van der Waals surface area contributed by atoms with E-state index >= 15 is 0 Å². The molecule has 0 radical (unpaired) electrons. The van der Waals surface area contributed by atoms with Gasteiger partial charge in [0.15, 0.2) is 0 Å². The lowest BCUT2D eigenvalue weighted by Crippen LogP contribution is -2.24. The second-order valence-electron chi connectivity index (χ2n) is 4.33. The number of aryl methyl sites for hydroxylation is 1. The molecule has 1 saturated heterocycles. The van der Waals surface area contributed by atoms with Crippen molar-refractivity contribution in [3.8, 4) is 0 Å². The highest BCUT2D eigenvalue weighted by Gasteiger charge is 2.23. The monoisotopic (exact) mass is 232 g/mol. The molecule has 1 aliphatic rings. The number of amides is 2. The largest absolute Gasteiger partial charge is 0.326 e. The maximum absolute atomic E-state index is 11.7. The zero-order valence-corrected chi connectivity index (χ0v) is 10.1. The molecule has 17 heavy (non-hydrogen) atoms. The van der Waals surface area contributed by atoms with Gasteiger partial charge in [0.05, 0.1) is 0 Å². The molecule has 4 heteroatoms. The second-order valence-corrected chi connectivity index (χ2v) is 4.33. The van der Waals surface area contributed by atoms with Crippen molar-refractivity contribution < 1.29 is 9.59 Å². The van der Waals surface area contributed by atoms with Gasteiger partial charge in [-0.3, -0.25) is 9.59 Å². The lowest BCUT2D eigenvalue weighted by molar-refractivity contribution is -0.117. The van der Waals surface area contributed by atoms with E-state index in [0.29, 0.717) is 6.42 Å². The summed E-state index contributed by atoms with van der Waals surface area (Å²) in [5.41, 5.74) is 2.69. The molecule has 0 aliphatic carbocycles. The van der Waals surface area contributed by atoms with Crippen molar-refractivity contribution in [2.45, 2.75) is 26.7 Å². The third-order valence-electron chi connectivity index (χ3n) is 2.89. The Morgan fingerprint density at radius 3 is 2.76 bits per heavy atom. The number of carbonyl (C=O) groups is 2. The number of nitrogens with one attached hydrogen (secondary N) is 1. The van der Waals surface area contributed by atoms with Crippen molar-refractivity contribution in [1.82, 2.24) is 0 Å². The average Bonchev–Trinajstić information content (AvgIpc) is 2.67. The Morgan fingerprint density at radius 1 is 1.41 bits per heavy atom. The summed E-state index contributed by atoms with van der Waals surface area (Å²) in [5.74, 6) is 0.0561. The van der Waals surface area contributed by atoms with Crippen LogP contribution in [0.1, 0.15) is 25.3 Å². The van der Waals surface area contributed by atoms with E-state index in [0.717, 1.165) is 29.9 Å². The minimum Gasteiger partial charge on any atom is -0.326 e. The highest BCUT2D eigenvalue weighted by molar-refractivity contribution is 5.97. The first-order valence-electron chi connectivity index (χ1n) is 5.76. The maximum atomic E-state index is 11.7. The first-order valence-corrected chi connectivity index (χ1v) is 5.76. The van der Waals surface area contributed by atoms with E-state index in [-0.39, 0.29) is 11.8 Å². The maximum Gasteiger partial charge on any atom is 0.227 e. The molecule has 2 amide bonds. The van der Waals surface area contributed by atoms with Crippen molar-refractivity contribution in [2.24, 2.45) is 0 Å². The topological polar surface area (TPSA) is 49.4 Å². The fourth-order valence-electron chi connectivity index (χ4n) is 2.08. The van der Waals surface area contributed by atoms with E-state index in [4.69, 9.17) is 0 Å². The fraction of sp³-hybridized carbons (Fsp3) is 0.385. The summed E-state index contributed by atoms with van der Waals surface area (Å²) in [5, 5.41) is 2.73. The summed E-state index contributed by atoms with van der Waals surface area (Å²) in [6.45, 7) is 4.21. The average molecular weight is 232 g/mol. The van der Waals surface area contributed by atoms with Gasteiger partial charge in [-0.25, -0.2) is 0 Å². The summed E-state index contributed by atoms with van der Waals surface area (Å²) in [7, 11) is 0. The van der Waals surface area contributed by atoms with Crippen LogP contribution in [0.2, 0.25) is 0 Å². The third kappa shape index (κ3) is 2.46. The molecular formula is C13H16N2O2. The first kappa shape index (κ1) is 11.6. The standard InChI is InChI=1S/C13H16N2O2/c1-9-5-6-11(14-10(2)16)8-12(9)15-7-3-4-13(15)17/h5-6,8H,3-4,7H2,1-2H3,(H,14,16). The zero-order chi connectivity index (χ0) is 12.4. The molecule has 0 saturated carbocycles. The molecule has 0 spiro atoms. The highest BCUT2D eigenvalue weighted by atomic mass is 16.2. The van der Waals surface area contributed by atoms with Crippen molar-refractivity contribution in [3.05, 3.63) is 23.8 Å². The predicted octanol–water partition coefficient (Wildman–Crippen LogP) is 2.08. The van der Waals surface area contributed by atoms with Crippen LogP contribution in [0.4, 0.5) is 11.4 Å². The number of anilines is 2. The molecule has 4 nitrogen and oxygen atoms in total. The van der Waals surface area contributed by atoms with Gasteiger partial charge >= 0.3 is 0 Å². The Hall–Kier alpha value is -1.84. The molecular weight excluding hydrogens is 216 g/mol. The predicted molar refractivity (Wildman–Crippen MR) is 67.1 cm³/mol. The van der Waals surface area contributed by atoms with E-state index in [1.807, 2.05) is 25.1 Å². The van der Waals surface area contributed by atoms with Crippen LogP contribution in [0, 0.1) is 6.92 Å². The molecule has 0 aromatic heterocycles. The zero-order valence-electron chi connectivity index (χ0n) is 10.1. The number of hydrogen-bond donors (Lipinski definition) is 1. The Bertz CT molecular complexity index is 468. The molecule has 2 rings (SSSR count). The summed E-state index contributed by atoms with van der Waals surface area (Å²) in [4.78, 5) is 24.5. The van der Waals surface area contributed by atoms with Gasteiger partial charge in [-0.15, -0.1) is 0 Å². The molecule has 1 aromatic carbocycles. The normalized spacial score (nSPS) is 15.2. The number of rotatable bonds is 2. The Kier molecular flexibility index (Phi) is 3.13. The third-order valence-corrected chi connectivity index (χ3v) is 2.89. The highest BCUT2D eigenvalue weighted by Crippen LogP contribution is 2.28. The minimum absolute atomic E-state index is 0.104. The Labute approximate surface area is 101 Å². The summed E-state index contributed by atoms with van der Waals surface area (Å²) < 4.78 is 0.